The maximum atomic E-state index is 4.51. The Labute approximate surface area is 158 Å². The van der Waals surface area contributed by atoms with Crippen molar-refractivity contribution in [1.29, 1.82) is 0 Å². The zero-order valence-electron chi connectivity index (χ0n) is 15.0. The van der Waals surface area contributed by atoms with Crippen LogP contribution < -0.4 is 5.32 Å². The molecule has 5 nitrogen and oxygen atoms in total. The number of imidazole rings is 2. The van der Waals surface area contributed by atoms with Crippen molar-refractivity contribution in [3.63, 3.8) is 0 Å². The monoisotopic (exact) mass is 357 g/mol. The molecule has 2 aromatic carbocycles. The molecule has 136 valence electrons. The third kappa shape index (κ3) is 4.51. The van der Waals surface area contributed by atoms with Crippen LogP contribution in [0.5, 0.6) is 0 Å². The topological polar surface area (TPSA) is 69.4 Å². The molecule has 27 heavy (non-hydrogen) atoms. The molecule has 2 heterocycles. The largest absolute Gasteiger partial charge is 0.347 e. The van der Waals surface area contributed by atoms with Crippen LogP contribution in [-0.4, -0.2) is 19.9 Å². The fourth-order valence-electron chi connectivity index (χ4n) is 3.35. The number of aromatic nitrogens is 4. The van der Waals surface area contributed by atoms with E-state index in [2.05, 4.69) is 73.8 Å². The Morgan fingerprint density at radius 2 is 1.11 bits per heavy atom. The van der Waals surface area contributed by atoms with Gasteiger partial charge in [-0.25, -0.2) is 9.97 Å². The van der Waals surface area contributed by atoms with Crippen molar-refractivity contribution in [2.24, 2.45) is 0 Å². The van der Waals surface area contributed by atoms with Crippen LogP contribution in [0.3, 0.4) is 0 Å². The predicted molar refractivity (Wildman–Crippen MR) is 106 cm³/mol. The number of aromatic amines is 2. The summed E-state index contributed by atoms with van der Waals surface area (Å²) in [5, 5.41) is 3.77. The van der Waals surface area contributed by atoms with Crippen molar-refractivity contribution < 1.29 is 0 Å². The molecule has 0 spiro atoms. The van der Waals surface area contributed by atoms with Crippen LogP contribution >= 0.6 is 0 Å². The molecule has 0 saturated heterocycles. The van der Waals surface area contributed by atoms with Gasteiger partial charge in [0.25, 0.3) is 0 Å². The van der Waals surface area contributed by atoms with E-state index in [1.165, 1.54) is 11.1 Å². The Bertz CT molecular complexity index is 824. The van der Waals surface area contributed by atoms with Gasteiger partial charge in [-0.15, -0.1) is 0 Å². The summed E-state index contributed by atoms with van der Waals surface area (Å²) in [7, 11) is 0. The smallest absolute Gasteiger partial charge is 0.123 e. The Kier molecular flexibility index (Phi) is 5.41. The normalized spacial score (nSPS) is 13.3. The molecule has 2 atom stereocenters. The second kappa shape index (κ2) is 8.47. The maximum Gasteiger partial charge on any atom is 0.123 e. The van der Waals surface area contributed by atoms with Gasteiger partial charge in [0, 0.05) is 24.8 Å². The first-order chi connectivity index (χ1) is 13.4. The van der Waals surface area contributed by atoms with E-state index in [0.717, 1.165) is 24.5 Å². The fourth-order valence-corrected chi connectivity index (χ4v) is 3.35. The van der Waals surface area contributed by atoms with Crippen molar-refractivity contribution in [2.75, 3.05) is 0 Å². The van der Waals surface area contributed by atoms with Crippen LogP contribution in [-0.2, 0) is 12.8 Å². The minimum Gasteiger partial charge on any atom is -0.347 e. The fraction of sp³-hybridized carbons (Fsp3) is 0.182. The first kappa shape index (κ1) is 17.2. The van der Waals surface area contributed by atoms with E-state index >= 15 is 0 Å². The van der Waals surface area contributed by atoms with Crippen LogP contribution in [0.2, 0.25) is 0 Å². The SMILES string of the molecule is c1ccc(CC(NC(Cc2ccccc2)c2ncc[nH]2)c2ncc[nH]2)cc1. The third-order valence-corrected chi connectivity index (χ3v) is 4.67. The highest BCUT2D eigenvalue weighted by molar-refractivity contribution is 5.20. The predicted octanol–water partition coefficient (Wildman–Crippen LogP) is 3.99. The minimum absolute atomic E-state index is 0.0567. The van der Waals surface area contributed by atoms with Crippen LogP contribution in [0, 0.1) is 0 Å². The molecule has 2 unspecified atom stereocenters. The number of hydrogen-bond donors (Lipinski definition) is 3. The Morgan fingerprint density at radius 3 is 1.48 bits per heavy atom. The van der Waals surface area contributed by atoms with Crippen molar-refractivity contribution in [1.82, 2.24) is 25.3 Å². The summed E-state index contributed by atoms with van der Waals surface area (Å²) >= 11 is 0. The Balaban J connectivity index is 1.59. The quantitative estimate of drug-likeness (QED) is 0.447. The summed E-state index contributed by atoms with van der Waals surface area (Å²) in [4.78, 5) is 15.5. The highest BCUT2D eigenvalue weighted by Crippen LogP contribution is 2.22. The molecule has 0 bridgehead atoms. The van der Waals surface area contributed by atoms with Crippen LogP contribution in [0.1, 0.15) is 34.9 Å². The molecule has 0 aliphatic carbocycles. The number of nitrogens with zero attached hydrogens (tertiary/aromatic N) is 2. The Morgan fingerprint density at radius 1 is 0.667 bits per heavy atom. The average molecular weight is 357 g/mol. The van der Waals surface area contributed by atoms with E-state index in [4.69, 9.17) is 0 Å². The van der Waals surface area contributed by atoms with Gasteiger partial charge in [-0.05, 0) is 24.0 Å². The summed E-state index contributed by atoms with van der Waals surface area (Å²) < 4.78 is 0. The molecule has 4 rings (SSSR count). The van der Waals surface area contributed by atoms with Crippen LogP contribution in [0.15, 0.2) is 85.5 Å². The molecule has 0 radical (unpaired) electrons. The van der Waals surface area contributed by atoms with Gasteiger partial charge in [-0.1, -0.05) is 60.7 Å². The van der Waals surface area contributed by atoms with Gasteiger partial charge in [0.1, 0.15) is 11.6 Å². The van der Waals surface area contributed by atoms with Gasteiger partial charge in [-0.3, -0.25) is 5.32 Å². The summed E-state index contributed by atoms with van der Waals surface area (Å²) in [5.74, 6) is 1.87. The Hall–Kier alpha value is -3.18. The van der Waals surface area contributed by atoms with E-state index in [1.807, 2.05) is 24.5 Å². The lowest BCUT2D eigenvalue weighted by atomic mass is 10.0. The van der Waals surface area contributed by atoms with Crippen LogP contribution in [0.25, 0.3) is 0 Å². The lowest BCUT2D eigenvalue weighted by Crippen LogP contribution is -2.31. The average Bonchev–Trinajstić information content (AvgIpc) is 3.43. The van der Waals surface area contributed by atoms with Gasteiger partial charge in [0.15, 0.2) is 0 Å². The van der Waals surface area contributed by atoms with Gasteiger partial charge in [0.05, 0.1) is 12.1 Å². The van der Waals surface area contributed by atoms with Crippen molar-refractivity contribution in [2.45, 2.75) is 24.9 Å². The molecule has 0 fully saturated rings. The lowest BCUT2D eigenvalue weighted by Gasteiger charge is -2.24. The van der Waals surface area contributed by atoms with E-state index in [9.17, 15) is 0 Å². The third-order valence-electron chi connectivity index (χ3n) is 4.67. The molecule has 5 heteroatoms. The van der Waals surface area contributed by atoms with Gasteiger partial charge < -0.3 is 9.97 Å². The zero-order valence-corrected chi connectivity index (χ0v) is 15.0. The molecule has 4 aromatic rings. The number of benzene rings is 2. The van der Waals surface area contributed by atoms with Crippen LogP contribution in [0.4, 0.5) is 0 Å². The maximum absolute atomic E-state index is 4.51. The number of H-pyrrole nitrogens is 2. The molecule has 0 aliphatic heterocycles. The summed E-state index contributed by atoms with van der Waals surface area (Å²) in [6.07, 6.45) is 9.03. The summed E-state index contributed by atoms with van der Waals surface area (Å²) in [6.45, 7) is 0. The molecule has 3 N–H and O–H groups in total. The number of hydrogen-bond acceptors (Lipinski definition) is 3. The van der Waals surface area contributed by atoms with Gasteiger partial charge in [-0.2, -0.15) is 0 Å². The van der Waals surface area contributed by atoms with Crippen molar-refractivity contribution in [3.05, 3.63) is 108 Å². The highest BCUT2D eigenvalue weighted by Gasteiger charge is 2.22. The van der Waals surface area contributed by atoms with Crippen molar-refractivity contribution in [3.8, 4) is 0 Å². The zero-order chi connectivity index (χ0) is 18.3. The molecule has 2 aromatic heterocycles. The first-order valence-corrected chi connectivity index (χ1v) is 9.21. The first-order valence-electron chi connectivity index (χ1n) is 9.21. The standard InChI is InChI=1S/C22H23N5/c1-3-7-17(8-4-1)15-19(21-23-11-12-24-21)27-20(22-25-13-14-26-22)16-18-9-5-2-6-10-18/h1-14,19-20,27H,15-16H2,(H,23,24)(H,25,26). The van der Waals surface area contributed by atoms with E-state index < -0.39 is 0 Å². The lowest BCUT2D eigenvalue weighted by molar-refractivity contribution is 0.414. The second-order valence-corrected chi connectivity index (χ2v) is 6.60. The molecular weight excluding hydrogens is 334 g/mol. The van der Waals surface area contributed by atoms with Crippen molar-refractivity contribution >= 4 is 0 Å². The molecule has 0 saturated carbocycles. The van der Waals surface area contributed by atoms with Gasteiger partial charge in [0.2, 0.25) is 0 Å². The van der Waals surface area contributed by atoms with E-state index in [1.54, 1.807) is 12.4 Å². The molecular formula is C22H23N5. The van der Waals surface area contributed by atoms with E-state index in [0.29, 0.717) is 0 Å². The van der Waals surface area contributed by atoms with E-state index in [-0.39, 0.29) is 12.1 Å². The second-order valence-electron chi connectivity index (χ2n) is 6.60. The summed E-state index contributed by atoms with van der Waals surface area (Å²) in [6, 6.07) is 21.1. The minimum atomic E-state index is 0.0567. The molecule has 0 amide bonds. The highest BCUT2D eigenvalue weighted by atomic mass is 15.1. The van der Waals surface area contributed by atoms with Gasteiger partial charge >= 0.3 is 0 Å². The number of nitrogens with one attached hydrogen (secondary N) is 3. The molecule has 0 aliphatic rings. The summed E-state index contributed by atoms with van der Waals surface area (Å²) in [5.41, 5.74) is 2.54. The number of rotatable bonds is 8.